The Kier molecular flexibility index (Phi) is 12.9. The van der Waals surface area contributed by atoms with Crippen LogP contribution in [0, 0.1) is 5.92 Å². The van der Waals surface area contributed by atoms with Gasteiger partial charge in [0.2, 0.25) is 0 Å². The van der Waals surface area contributed by atoms with Gasteiger partial charge < -0.3 is 25.4 Å². The number of methoxy groups -OCH3 is 1. The van der Waals surface area contributed by atoms with Crippen LogP contribution in [-0.2, 0) is 4.74 Å². The highest BCUT2D eigenvalue weighted by molar-refractivity contribution is 14.0. The Morgan fingerprint density at radius 1 is 1.41 bits per heavy atom. The first-order chi connectivity index (χ1) is 12.6. The van der Waals surface area contributed by atoms with E-state index in [9.17, 15) is 5.11 Å². The zero-order valence-corrected chi connectivity index (χ0v) is 20.0. The maximum Gasteiger partial charge on any atom is 0.191 e. The molecular weight excluding hydrogens is 499 g/mol. The van der Waals surface area contributed by atoms with Crippen molar-refractivity contribution in [3.05, 3.63) is 21.3 Å². The lowest BCUT2D eigenvalue weighted by molar-refractivity contribution is 0.121. The lowest BCUT2D eigenvalue weighted by Crippen LogP contribution is -2.43. The molecule has 0 aliphatic carbocycles. The van der Waals surface area contributed by atoms with Crippen LogP contribution in [0.3, 0.4) is 0 Å². The highest BCUT2D eigenvalue weighted by Crippen LogP contribution is 2.26. The first-order valence-corrected chi connectivity index (χ1v) is 10.5. The summed E-state index contributed by atoms with van der Waals surface area (Å²) in [5.74, 6) is 1.41. The maximum atomic E-state index is 10.2. The number of aliphatic hydroxyl groups is 1. The molecule has 27 heavy (non-hydrogen) atoms. The van der Waals surface area contributed by atoms with E-state index in [1.54, 1.807) is 13.2 Å². The smallest absolute Gasteiger partial charge is 0.191 e. The summed E-state index contributed by atoms with van der Waals surface area (Å²) >= 11 is 7.32. The number of likely N-dealkylation sites (tertiary alicyclic amines) is 1. The SMILES string of the molecule is CCNC(=NCC(O)c1ccc(Cl)s1)NCC1CCN(CCOC)CC1.I. The molecule has 1 aliphatic heterocycles. The Morgan fingerprint density at radius 2 is 2.15 bits per heavy atom. The van der Waals surface area contributed by atoms with Gasteiger partial charge in [-0.25, -0.2) is 0 Å². The van der Waals surface area contributed by atoms with Gasteiger partial charge in [-0.1, -0.05) is 11.6 Å². The number of hydrogen-bond donors (Lipinski definition) is 3. The van der Waals surface area contributed by atoms with Crippen LogP contribution in [0.2, 0.25) is 4.34 Å². The quantitative estimate of drug-likeness (QED) is 0.260. The third-order valence-corrected chi connectivity index (χ3v) is 5.90. The summed E-state index contributed by atoms with van der Waals surface area (Å²) in [4.78, 5) is 7.83. The molecule has 6 nitrogen and oxygen atoms in total. The Morgan fingerprint density at radius 3 is 2.74 bits per heavy atom. The predicted molar refractivity (Wildman–Crippen MR) is 125 cm³/mol. The third-order valence-electron chi connectivity index (χ3n) is 4.57. The minimum atomic E-state index is -0.619. The normalized spacial score (nSPS) is 17.4. The topological polar surface area (TPSA) is 69.1 Å². The lowest BCUT2D eigenvalue weighted by Gasteiger charge is -2.32. The molecule has 0 saturated carbocycles. The largest absolute Gasteiger partial charge is 0.386 e. The average Bonchev–Trinajstić information content (AvgIpc) is 3.09. The van der Waals surface area contributed by atoms with Crippen molar-refractivity contribution < 1.29 is 9.84 Å². The molecule has 2 heterocycles. The second-order valence-electron chi connectivity index (χ2n) is 6.54. The van der Waals surface area contributed by atoms with Crippen molar-refractivity contribution in [3.8, 4) is 0 Å². The molecule has 1 unspecified atom stereocenters. The van der Waals surface area contributed by atoms with Crippen molar-refractivity contribution in [1.82, 2.24) is 15.5 Å². The molecule has 0 amide bonds. The summed E-state index contributed by atoms with van der Waals surface area (Å²) in [7, 11) is 1.75. The van der Waals surface area contributed by atoms with Gasteiger partial charge >= 0.3 is 0 Å². The van der Waals surface area contributed by atoms with Crippen LogP contribution in [0.25, 0.3) is 0 Å². The number of nitrogens with one attached hydrogen (secondary N) is 2. The molecule has 156 valence electrons. The highest BCUT2D eigenvalue weighted by Gasteiger charge is 2.19. The minimum absolute atomic E-state index is 0. The number of aliphatic hydroxyl groups excluding tert-OH is 1. The van der Waals surface area contributed by atoms with Gasteiger partial charge in [-0.2, -0.15) is 0 Å². The number of thiophene rings is 1. The van der Waals surface area contributed by atoms with Crippen LogP contribution in [0.1, 0.15) is 30.7 Å². The number of halogens is 2. The Labute approximate surface area is 188 Å². The van der Waals surface area contributed by atoms with Gasteiger partial charge in [-0.3, -0.25) is 4.99 Å². The molecule has 1 aromatic heterocycles. The summed E-state index contributed by atoms with van der Waals surface area (Å²) in [5, 5.41) is 16.9. The van der Waals surface area contributed by atoms with Gasteiger partial charge in [0.25, 0.3) is 0 Å². The number of ether oxygens (including phenoxy) is 1. The molecule has 3 N–H and O–H groups in total. The predicted octanol–water partition coefficient (Wildman–Crippen LogP) is 2.97. The molecule has 1 fully saturated rings. The zero-order chi connectivity index (χ0) is 18.8. The Balaban J connectivity index is 0.00000364. The second kappa shape index (κ2) is 13.9. The van der Waals surface area contributed by atoms with E-state index in [-0.39, 0.29) is 24.0 Å². The monoisotopic (exact) mass is 530 g/mol. The van der Waals surface area contributed by atoms with Crippen LogP contribution < -0.4 is 10.6 Å². The molecule has 1 saturated heterocycles. The van der Waals surface area contributed by atoms with E-state index in [4.69, 9.17) is 16.3 Å². The molecule has 0 aromatic carbocycles. The molecule has 9 heteroatoms. The van der Waals surface area contributed by atoms with Gasteiger partial charge in [-0.15, -0.1) is 35.3 Å². The summed E-state index contributed by atoms with van der Waals surface area (Å²) in [6, 6.07) is 3.65. The molecule has 1 atom stereocenters. The van der Waals surface area contributed by atoms with Crippen molar-refractivity contribution >= 4 is 52.9 Å². The first kappa shape index (κ1) is 24.9. The van der Waals surface area contributed by atoms with E-state index in [2.05, 4.69) is 20.5 Å². The fourth-order valence-corrected chi connectivity index (χ4v) is 4.03. The number of rotatable bonds is 9. The van der Waals surface area contributed by atoms with E-state index in [0.717, 1.165) is 50.2 Å². The number of aliphatic imine (C=N–C) groups is 1. The molecule has 0 spiro atoms. The van der Waals surface area contributed by atoms with Crippen LogP contribution in [0.4, 0.5) is 0 Å². The van der Waals surface area contributed by atoms with E-state index < -0.39 is 6.10 Å². The second-order valence-corrected chi connectivity index (χ2v) is 8.28. The molecule has 1 aliphatic rings. The Hall–Kier alpha value is -0.130. The summed E-state index contributed by atoms with van der Waals surface area (Å²) < 4.78 is 5.84. The van der Waals surface area contributed by atoms with E-state index in [1.807, 2.05) is 13.0 Å². The molecule has 0 bridgehead atoms. The molecule has 1 aromatic rings. The summed E-state index contributed by atoms with van der Waals surface area (Å²) in [5.41, 5.74) is 0. The van der Waals surface area contributed by atoms with Crippen molar-refractivity contribution in [2.24, 2.45) is 10.9 Å². The van der Waals surface area contributed by atoms with Gasteiger partial charge in [0.1, 0.15) is 6.10 Å². The fraction of sp³-hybridized carbons (Fsp3) is 0.722. The van der Waals surface area contributed by atoms with Gasteiger partial charge in [-0.05, 0) is 50.9 Å². The van der Waals surface area contributed by atoms with E-state index in [1.165, 1.54) is 24.2 Å². The van der Waals surface area contributed by atoms with Crippen LogP contribution in [0.15, 0.2) is 17.1 Å². The van der Waals surface area contributed by atoms with Crippen LogP contribution in [-0.4, -0.2) is 69.0 Å². The van der Waals surface area contributed by atoms with Crippen LogP contribution >= 0.6 is 46.9 Å². The fourth-order valence-electron chi connectivity index (χ4n) is 2.99. The number of hydrogen-bond acceptors (Lipinski definition) is 5. The zero-order valence-electron chi connectivity index (χ0n) is 16.1. The van der Waals surface area contributed by atoms with Gasteiger partial charge in [0.15, 0.2) is 5.96 Å². The van der Waals surface area contributed by atoms with E-state index >= 15 is 0 Å². The standard InChI is InChI=1S/C18H31ClN4O2S.HI/c1-3-20-18(22-13-15(24)16-4-5-17(19)26-16)21-12-14-6-8-23(9-7-14)10-11-25-2;/h4-5,14-15,24H,3,6-13H2,1-2H3,(H2,20,21,22);1H. The Bertz CT molecular complexity index is 553. The van der Waals surface area contributed by atoms with E-state index in [0.29, 0.717) is 16.8 Å². The maximum absolute atomic E-state index is 10.2. The van der Waals surface area contributed by atoms with Crippen molar-refractivity contribution in [2.45, 2.75) is 25.9 Å². The minimum Gasteiger partial charge on any atom is -0.386 e. The average molecular weight is 531 g/mol. The molecule has 2 rings (SSSR count). The highest BCUT2D eigenvalue weighted by atomic mass is 127. The first-order valence-electron chi connectivity index (χ1n) is 9.29. The summed E-state index contributed by atoms with van der Waals surface area (Å²) in [6.45, 7) is 8.14. The third kappa shape index (κ3) is 9.27. The number of piperidine rings is 1. The van der Waals surface area contributed by atoms with Crippen molar-refractivity contribution in [3.63, 3.8) is 0 Å². The van der Waals surface area contributed by atoms with Crippen LogP contribution in [0.5, 0.6) is 0 Å². The summed E-state index contributed by atoms with van der Waals surface area (Å²) in [6.07, 6.45) is 1.76. The lowest BCUT2D eigenvalue weighted by atomic mass is 9.97. The van der Waals surface area contributed by atoms with Crippen molar-refractivity contribution in [2.75, 3.05) is 53.0 Å². The van der Waals surface area contributed by atoms with Crippen molar-refractivity contribution in [1.29, 1.82) is 0 Å². The van der Waals surface area contributed by atoms with Gasteiger partial charge in [0, 0.05) is 31.6 Å². The number of guanidine groups is 1. The molecule has 0 radical (unpaired) electrons. The van der Waals surface area contributed by atoms with Gasteiger partial charge in [0.05, 0.1) is 17.5 Å². The number of nitrogens with zero attached hydrogens (tertiary/aromatic N) is 2. The molecular formula is C18H32ClIN4O2S.